The van der Waals surface area contributed by atoms with Gasteiger partial charge in [-0.15, -0.1) is 5.06 Å². The lowest BCUT2D eigenvalue weighted by Gasteiger charge is -2.22. The Morgan fingerprint density at radius 2 is 1.84 bits per heavy atom. The Hall–Kier alpha value is -3.16. The van der Waals surface area contributed by atoms with Crippen molar-refractivity contribution in [2.75, 3.05) is 7.05 Å². The Kier molecular flexibility index (Phi) is 6.06. The van der Waals surface area contributed by atoms with Crippen LogP contribution in [0.15, 0.2) is 42.5 Å². The summed E-state index contributed by atoms with van der Waals surface area (Å²) in [5, 5.41) is 0.582. The van der Waals surface area contributed by atoms with Gasteiger partial charge in [0.15, 0.2) is 0 Å². The number of fused-ring (bicyclic) bond motifs is 1. The normalized spacial score (nSPS) is 28.2. The van der Waals surface area contributed by atoms with Crippen LogP contribution in [0.2, 0.25) is 0 Å². The van der Waals surface area contributed by atoms with Crippen molar-refractivity contribution >= 4 is 23.9 Å². The van der Waals surface area contributed by atoms with E-state index in [1.165, 1.54) is 4.90 Å². The van der Waals surface area contributed by atoms with Gasteiger partial charge < -0.3 is 14.5 Å². The van der Waals surface area contributed by atoms with Crippen LogP contribution in [0.5, 0.6) is 0 Å². The van der Waals surface area contributed by atoms with E-state index in [1.807, 2.05) is 42.5 Å². The SMILES string of the molecule is CN(Cc1ccccc1)C(=O)O[C@@H]1/C=C/CCC[C@@H]2[C@H](C(=O)ON3C(=O)CCC3=O)[C@@H]21. The summed E-state index contributed by atoms with van der Waals surface area (Å²) in [6, 6.07) is 9.60. The molecular weight excluding hydrogens is 400 g/mol. The third-order valence-corrected chi connectivity index (χ3v) is 6.11. The number of carbonyl (C=O) groups is 4. The summed E-state index contributed by atoms with van der Waals surface area (Å²) in [6.07, 6.45) is 5.44. The fourth-order valence-corrected chi connectivity index (χ4v) is 4.44. The van der Waals surface area contributed by atoms with Crippen molar-refractivity contribution in [1.29, 1.82) is 0 Å². The molecule has 1 saturated carbocycles. The van der Waals surface area contributed by atoms with Crippen molar-refractivity contribution in [3.63, 3.8) is 0 Å². The second kappa shape index (κ2) is 8.91. The highest BCUT2D eigenvalue weighted by Crippen LogP contribution is 2.54. The molecule has 0 spiro atoms. The molecule has 1 saturated heterocycles. The second-order valence-corrected chi connectivity index (χ2v) is 8.31. The lowest BCUT2D eigenvalue weighted by molar-refractivity contribution is -0.199. The van der Waals surface area contributed by atoms with Gasteiger partial charge in [-0.05, 0) is 36.8 Å². The van der Waals surface area contributed by atoms with Crippen molar-refractivity contribution in [2.24, 2.45) is 17.8 Å². The van der Waals surface area contributed by atoms with Crippen LogP contribution >= 0.6 is 0 Å². The maximum absolute atomic E-state index is 12.7. The summed E-state index contributed by atoms with van der Waals surface area (Å²) in [4.78, 5) is 55.5. The number of ether oxygens (including phenoxy) is 1. The molecule has 1 aromatic carbocycles. The zero-order valence-electron chi connectivity index (χ0n) is 17.4. The molecule has 0 unspecified atom stereocenters. The predicted molar refractivity (Wildman–Crippen MR) is 109 cm³/mol. The first-order valence-electron chi connectivity index (χ1n) is 10.7. The molecule has 1 aromatic rings. The molecule has 0 radical (unpaired) electrons. The summed E-state index contributed by atoms with van der Waals surface area (Å²) in [6.45, 7) is 0.412. The van der Waals surface area contributed by atoms with Crippen LogP contribution in [0.4, 0.5) is 4.79 Å². The zero-order valence-corrected chi connectivity index (χ0v) is 17.4. The smallest absolute Gasteiger partial charge is 0.410 e. The molecule has 0 bridgehead atoms. The van der Waals surface area contributed by atoms with Crippen molar-refractivity contribution in [3.8, 4) is 0 Å². The van der Waals surface area contributed by atoms with E-state index in [4.69, 9.17) is 9.57 Å². The van der Waals surface area contributed by atoms with E-state index in [2.05, 4.69) is 0 Å². The molecule has 164 valence electrons. The number of hydrogen-bond acceptors (Lipinski definition) is 6. The first kappa shape index (κ1) is 21.1. The standard InChI is InChI=1S/C23H26N2O6/c1-24(14-15-8-4-2-5-9-15)23(29)30-17-11-7-3-6-10-16-20(17)21(16)22(28)31-25-18(26)12-13-19(25)27/h2,4-5,7-9,11,16-17,20-21H,3,6,10,12-14H2,1H3/b11-7+/t16-,17+,20-,21-/m0/s1. The minimum atomic E-state index is -0.604. The van der Waals surface area contributed by atoms with E-state index in [-0.39, 0.29) is 24.7 Å². The lowest BCUT2D eigenvalue weighted by Crippen LogP contribution is -2.34. The van der Waals surface area contributed by atoms with Crippen LogP contribution in [0.3, 0.4) is 0 Å². The summed E-state index contributed by atoms with van der Waals surface area (Å²) < 4.78 is 5.75. The van der Waals surface area contributed by atoms with Gasteiger partial charge in [-0.1, -0.05) is 36.4 Å². The Balaban J connectivity index is 1.40. The molecule has 0 N–H and O–H groups in total. The summed E-state index contributed by atoms with van der Waals surface area (Å²) in [5.41, 5.74) is 0.987. The van der Waals surface area contributed by atoms with E-state index in [0.29, 0.717) is 11.6 Å². The molecule has 1 aliphatic heterocycles. The number of allylic oxidation sites excluding steroid dienone is 1. The van der Waals surface area contributed by atoms with Gasteiger partial charge in [0, 0.05) is 32.4 Å². The Morgan fingerprint density at radius 1 is 1.13 bits per heavy atom. The molecule has 8 heteroatoms. The summed E-state index contributed by atoms with van der Waals surface area (Å²) in [5.74, 6) is -2.31. The molecule has 2 fully saturated rings. The molecule has 3 amide bonds. The number of carbonyl (C=O) groups excluding carboxylic acids is 4. The highest BCUT2D eigenvalue weighted by molar-refractivity contribution is 6.01. The van der Waals surface area contributed by atoms with Gasteiger partial charge in [-0.25, -0.2) is 9.59 Å². The number of nitrogens with zero attached hydrogens (tertiary/aromatic N) is 2. The van der Waals surface area contributed by atoms with Gasteiger partial charge >= 0.3 is 12.1 Å². The van der Waals surface area contributed by atoms with E-state index >= 15 is 0 Å². The molecule has 4 atom stereocenters. The van der Waals surface area contributed by atoms with Gasteiger partial charge in [0.05, 0.1) is 5.92 Å². The first-order chi connectivity index (χ1) is 15.0. The fourth-order valence-electron chi connectivity index (χ4n) is 4.44. The number of imide groups is 1. The van der Waals surface area contributed by atoms with E-state index in [1.54, 1.807) is 7.05 Å². The number of rotatable bonds is 5. The van der Waals surface area contributed by atoms with Crippen molar-refractivity contribution in [3.05, 3.63) is 48.0 Å². The highest BCUT2D eigenvalue weighted by atomic mass is 16.7. The average molecular weight is 426 g/mol. The van der Waals surface area contributed by atoms with Crippen LogP contribution in [-0.4, -0.2) is 47.0 Å². The van der Waals surface area contributed by atoms with Crippen LogP contribution in [0, 0.1) is 17.8 Å². The lowest BCUT2D eigenvalue weighted by atomic mass is 10.0. The van der Waals surface area contributed by atoms with Gasteiger partial charge in [-0.3, -0.25) is 9.59 Å². The molecule has 1 heterocycles. The quantitative estimate of drug-likeness (QED) is 0.531. The maximum atomic E-state index is 12.7. The third-order valence-electron chi connectivity index (χ3n) is 6.11. The largest absolute Gasteiger partial charge is 0.442 e. The zero-order chi connectivity index (χ0) is 22.0. The third kappa shape index (κ3) is 4.62. The van der Waals surface area contributed by atoms with Gasteiger partial charge in [0.2, 0.25) is 0 Å². The van der Waals surface area contributed by atoms with Crippen molar-refractivity contribution in [2.45, 2.75) is 44.8 Å². The van der Waals surface area contributed by atoms with Gasteiger partial charge in [0.1, 0.15) is 6.10 Å². The van der Waals surface area contributed by atoms with Gasteiger partial charge in [0.25, 0.3) is 11.8 Å². The number of hydroxylamine groups is 2. The minimum absolute atomic E-state index is 0.00230. The minimum Gasteiger partial charge on any atom is -0.442 e. The van der Waals surface area contributed by atoms with Crippen molar-refractivity contribution in [1.82, 2.24) is 9.96 Å². The molecular formula is C23H26N2O6. The second-order valence-electron chi connectivity index (χ2n) is 8.31. The Morgan fingerprint density at radius 3 is 2.55 bits per heavy atom. The fraction of sp³-hybridized carbons (Fsp3) is 0.478. The van der Waals surface area contributed by atoms with Crippen LogP contribution in [0.1, 0.15) is 37.7 Å². The predicted octanol–water partition coefficient (Wildman–Crippen LogP) is 2.83. The number of hydrogen-bond donors (Lipinski definition) is 0. The monoisotopic (exact) mass is 426 g/mol. The first-order valence-corrected chi connectivity index (χ1v) is 10.7. The Bertz CT molecular complexity index is 883. The molecule has 2 aliphatic carbocycles. The van der Waals surface area contributed by atoms with E-state index in [9.17, 15) is 19.2 Å². The van der Waals surface area contributed by atoms with E-state index in [0.717, 1.165) is 24.8 Å². The van der Waals surface area contributed by atoms with Crippen LogP contribution < -0.4 is 0 Å². The topological polar surface area (TPSA) is 93.2 Å². The summed E-state index contributed by atoms with van der Waals surface area (Å²) in [7, 11) is 1.67. The van der Waals surface area contributed by atoms with E-state index < -0.39 is 35.9 Å². The number of amides is 3. The Labute approximate surface area is 180 Å². The molecule has 8 nitrogen and oxygen atoms in total. The summed E-state index contributed by atoms with van der Waals surface area (Å²) >= 11 is 0. The molecule has 3 aliphatic rings. The van der Waals surface area contributed by atoms with Crippen molar-refractivity contribution < 1.29 is 28.8 Å². The highest BCUT2D eigenvalue weighted by Gasteiger charge is 2.60. The average Bonchev–Trinajstić information content (AvgIpc) is 3.37. The van der Waals surface area contributed by atoms with Gasteiger partial charge in [-0.2, -0.15) is 0 Å². The number of benzene rings is 1. The van der Waals surface area contributed by atoms with Crippen LogP contribution in [-0.2, 0) is 30.5 Å². The molecule has 31 heavy (non-hydrogen) atoms. The molecule has 0 aromatic heterocycles. The molecule has 4 rings (SSSR count). The van der Waals surface area contributed by atoms with Crippen LogP contribution in [0.25, 0.3) is 0 Å². The maximum Gasteiger partial charge on any atom is 0.410 e.